The van der Waals surface area contributed by atoms with E-state index in [0.717, 1.165) is 16.7 Å². The molecule has 0 aliphatic carbocycles. The Kier molecular flexibility index (Phi) is 3.98. The molecule has 1 fully saturated rings. The molecule has 0 radical (unpaired) electrons. The summed E-state index contributed by atoms with van der Waals surface area (Å²) in [7, 11) is 0. The third kappa shape index (κ3) is 2.77. The number of amides is 1. The first-order chi connectivity index (χ1) is 11.8. The molecule has 1 unspecified atom stereocenters. The fourth-order valence-corrected chi connectivity index (χ4v) is 2.78. The van der Waals surface area contributed by atoms with E-state index < -0.39 is 6.10 Å². The van der Waals surface area contributed by atoms with E-state index in [1.165, 1.54) is 0 Å². The van der Waals surface area contributed by atoms with Crippen LogP contribution in [0, 0.1) is 0 Å². The standard InChI is InChI=1S/C18H17N3O3/c22-17(16-12-23-10-11-24-16)20-18-19-14-8-4-5-9-15(14)21(18)13-6-2-1-3-7-13/h1-9,16H,10-12H2,(H,19,20,22). The SMILES string of the molecule is O=C(Nc1nc2ccccc2n1-c1ccccc1)C1COCCO1. The number of nitrogens with zero attached hydrogens (tertiary/aromatic N) is 2. The summed E-state index contributed by atoms with van der Waals surface area (Å²) in [5, 5.41) is 2.88. The quantitative estimate of drug-likeness (QED) is 0.804. The minimum absolute atomic E-state index is 0.248. The molecule has 24 heavy (non-hydrogen) atoms. The zero-order valence-corrected chi connectivity index (χ0v) is 13.0. The fourth-order valence-electron chi connectivity index (χ4n) is 2.78. The van der Waals surface area contributed by atoms with Gasteiger partial charge in [-0.3, -0.25) is 14.7 Å². The van der Waals surface area contributed by atoms with Crippen LogP contribution >= 0.6 is 0 Å². The van der Waals surface area contributed by atoms with Gasteiger partial charge < -0.3 is 9.47 Å². The van der Waals surface area contributed by atoms with Crippen molar-refractivity contribution >= 4 is 22.9 Å². The zero-order valence-electron chi connectivity index (χ0n) is 13.0. The number of rotatable bonds is 3. The Morgan fingerprint density at radius 3 is 2.67 bits per heavy atom. The molecule has 2 aromatic carbocycles. The summed E-state index contributed by atoms with van der Waals surface area (Å²) in [4.78, 5) is 17.0. The number of para-hydroxylation sites is 3. The van der Waals surface area contributed by atoms with Gasteiger partial charge in [-0.05, 0) is 24.3 Å². The molecule has 122 valence electrons. The van der Waals surface area contributed by atoms with Gasteiger partial charge >= 0.3 is 0 Å². The second-order valence-corrected chi connectivity index (χ2v) is 5.52. The Morgan fingerprint density at radius 1 is 1.08 bits per heavy atom. The molecule has 1 aromatic heterocycles. The molecule has 1 aliphatic heterocycles. The molecule has 1 amide bonds. The zero-order chi connectivity index (χ0) is 16.4. The monoisotopic (exact) mass is 323 g/mol. The van der Waals surface area contributed by atoms with Crippen molar-refractivity contribution in [3.05, 3.63) is 54.6 Å². The molecular formula is C18H17N3O3. The lowest BCUT2D eigenvalue weighted by Gasteiger charge is -2.22. The van der Waals surface area contributed by atoms with E-state index in [1.807, 2.05) is 59.2 Å². The molecule has 1 N–H and O–H groups in total. The number of hydrogen-bond acceptors (Lipinski definition) is 4. The summed E-state index contributed by atoms with van der Waals surface area (Å²) < 4.78 is 12.7. The van der Waals surface area contributed by atoms with Crippen LogP contribution in [-0.4, -0.2) is 41.4 Å². The van der Waals surface area contributed by atoms with Crippen molar-refractivity contribution in [3.63, 3.8) is 0 Å². The second-order valence-electron chi connectivity index (χ2n) is 5.52. The van der Waals surface area contributed by atoms with E-state index >= 15 is 0 Å². The van der Waals surface area contributed by atoms with Crippen molar-refractivity contribution in [2.75, 3.05) is 25.1 Å². The van der Waals surface area contributed by atoms with Crippen molar-refractivity contribution in [1.29, 1.82) is 0 Å². The lowest BCUT2D eigenvalue weighted by Crippen LogP contribution is -2.39. The fraction of sp³-hybridized carbons (Fsp3) is 0.222. The van der Waals surface area contributed by atoms with Crippen LogP contribution in [0.15, 0.2) is 54.6 Å². The number of ether oxygens (including phenoxy) is 2. The van der Waals surface area contributed by atoms with E-state index in [0.29, 0.717) is 19.2 Å². The molecule has 4 rings (SSSR count). The number of imidazole rings is 1. The molecule has 2 heterocycles. The van der Waals surface area contributed by atoms with Crippen LogP contribution in [0.3, 0.4) is 0 Å². The average Bonchev–Trinajstić information content (AvgIpc) is 3.01. The topological polar surface area (TPSA) is 65.4 Å². The highest BCUT2D eigenvalue weighted by Gasteiger charge is 2.24. The molecule has 1 atom stereocenters. The summed E-state index contributed by atoms with van der Waals surface area (Å²) in [5.41, 5.74) is 2.68. The Labute approximate surface area is 139 Å². The minimum Gasteiger partial charge on any atom is -0.376 e. The molecule has 1 aliphatic rings. The van der Waals surface area contributed by atoms with E-state index in [-0.39, 0.29) is 12.5 Å². The predicted octanol–water partition coefficient (Wildman–Crippen LogP) is 2.38. The molecule has 3 aromatic rings. The number of aromatic nitrogens is 2. The highest BCUT2D eigenvalue weighted by molar-refractivity contribution is 5.95. The van der Waals surface area contributed by atoms with Gasteiger partial charge in [0.15, 0.2) is 6.10 Å². The lowest BCUT2D eigenvalue weighted by atomic mass is 10.3. The number of nitrogens with one attached hydrogen (secondary N) is 1. The molecule has 6 heteroatoms. The predicted molar refractivity (Wildman–Crippen MR) is 90.3 cm³/mol. The van der Waals surface area contributed by atoms with Crippen LogP contribution in [0.25, 0.3) is 16.7 Å². The van der Waals surface area contributed by atoms with E-state index in [4.69, 9.17) is 9.47 Å². The summed E-state index contributed by atoms with van der Waals surface area (Å²) in [6, 6.07) is 17.6. The van der Waals surface area contributed by atoms with E-state index in [2.05, 4.69) is 10.3 Å². The highest BCUT2D eigenvalue weighted by Crippen LogP contribution is 2.24. The number of benzene rings is 2. The minimum atomic E-state index is -0.609. The number of carbonyl (C=O) groups excluding carboxylic acids is 1. The van der Waals surface area contributed by atoms with Gasteiger partial charge in [-0.25, -0.2) is 4.98 Å². The first kappa shape index (κ1) is 14.9. The molecule has 6 nitrogen and oxygen atoms in total. The van der Waals surface area contributed by atoms with Gasteiger partial charge in [0.2, 0.25) is 5.95 Å². The largest absolute Gasteiger partial charge is 0.376 e. The van der Waals surface area contributed by atoms with Gasteiger partial charge in [-0.15, -0.1) is 0 Å². The van der Waals surface area contributed by atoms with Crippen LogP contribution in [-0.2, 0) is 14.3 Å². The van der Waals surface area contributed by atoms with Crippen LogP contribution in [0.1, 0.15) is 0 Å². The maximum atomic E-state index is 12.5. The van der Waals surface area contributed by atoms with Crippen LogP contribution in [0.2, 0.25) is 0 Å². The van der Waals surface area contributed by atoms with Crippen molar-refractivity contribution in [2.24, 2.45) is 0 Å². The second kappa shape index (κ2) is 6.43. The van der Waals surface area contributed by atoms with Crippen LogP contribution < -0.4 is 5.32 Å². The molecule has 0 saturated carbocycles. The summed E-state index contributed by atoms with van der Waals surface area (Å²) in [6.45, 7) is 1.21. The molecule has 1 saturated heterocycles. The third-order valence-electron chi connectivity index (χ3n) is 3.92. The van der Waals surface area contributed by atoms with Crippen molar-refractivity contribution in [1.82, 2.24) is 9.55 Å². The van der Waals surface area contributed by atoms with Crippen molar-refractivity contribution in [3.8, 4) is 5.69 Å². The Morgan fingerprint density at radius 2 is 1.88 bits per heavy atom. The van der Waals surface area contributed by atoms with Crippen molar-refractivity contribution < 1.29 is 14.3 Å². The Hall–Kier alpha value is -2.70. The van der Waals surface area contributed by atoms with E-state index in [1.54, 1.807) is 0 Å². The molecule has 0 spiro atoms. The van der Waals surface area contributed by atoms with Gasteiger partial charge in [-0.2, -0.15) is 0 Å². The Balaban J connectivity index is 1.73. The average molecular weight is 323 g/mol. The number of hydrogen-bond donors (Lipinski definition) is 1. The maximum Gasteiger partial charge on any atom is 0.258 e. The number of carbonyl (C=O) groups is 1. The van der Waals surface area contributed by atoms with Gasteiger partial charge in [0, 0.05) is 5.69 Å². The van der Waals surface area contributed by atoms with Crippen LogP contribution in [0.5, 0.6) is 0 Å². The number of anilines is 1. The van der Waals surface area contributed by atoms with Gasteiger partial charge in [0.1, 0.15) is 0 Å². The first-order valence-electron chi connectivity index (χ1n) is 7.86. The summed E-state index contributed by atoms with van der Waals surface area (Å²) in [6.07, 6.45) is -0.609. The Bertz CT molecular complexity index is 854. The highest BCUT2D eigenvalue weighted by atomic mass is 16.6. The maximum absolute atomic E-state index is 12.5. The smallest absolute Gasteiger partial charge is 0.258 e. The summed E-state index contributed by atoms with van der Waals surface area (Å²) in [5.74, 6) is 0.226. The summed E-state index contributed by atoms with van der Waals surface area (Å²) >= 11 is 0. The normalized spacial score (nSPS) is 17.8. The van der Waals surface area contributed by atoms with Crippen molar-refractivity contribution in [2.45, 2.75) is 6.10 Å². The lowest BCUT2D eigenvalue weighted by molar-refractivity contribution is -0.142. The number of fused-ring (bicyclic) bond motifs is 1. The molecule has 0 bridgehead atoms. The first-order valence-corrected chi connectivity index (χ1v) is 7.86. The third-order valence-corrected chi connectivity index (χ3v) is 3.92. The van der Waals surface area contributed by atoms with Gasteiger partial charge in [0.05, 0.1) is 30.9 Å². The van der Waals surface area contributed by atoms with Gasteiger partial charge in [-0.1, -0.05) is 30.3 Å². The van der Waals surface area contributed by atoms with E-state index in [9.17, 15) is 4.79 Å². The van der Waals surface area contributed by atoms with Gasteiger partial charge in [0.25, 0.3) is 5.91 Å². The molecular weight excluding hydrogens is 306 g/mol. The van der Waals surface area contributed by atoms with Crippen LogP contribution in [0.4, 0.5) is 5.95 Å².